The summed E-state index contributed by atoms with van der Waals surface area (Å²) < 4.78 is 1.65. The smallest absolute Gasteiger partial charge is 0.269 e. The summed E-state index contributed by atoms with van der Waals surface area (Å²) >= 11 is 0. The Hall–Kier alpha value is -1.32. The van der Waals surface area contributed by atoms with Crippen molar-refractivity contribution in [3.63, 3.8) is 0 Å². The Morgan fingerprint density at radius 2 is 2.27 bits per heavy atom. The van der Waals surface area contributed by atoms with E-state index in [1.807, 2.05) is 13.0 Å². The molecular weight excluding hydrogens is 190 g/mol. The fourth-order valence-corrected chi connectivity index (χ4v) is 1.47. The van der Waals surface area contributed by atoms with Crippen LogP contribution in [0.1, 0.15) is 42.9 Å². The molecule has 0 fully saturated rings. The second kappa shape index (κ2) is 5.53. The predicted molar refractivity (Wildman–Crippen MR) is 59.8 cm³/mol. The number of amides is 1. The van der Waals surface area contributed by atoms with E-state index in [4.69, 9.17) is 0 Å². The Bertz CT molecular complexity index is 331. The summed E-state index contributed by atoms with van der Waals surface area (Å²) in [6, 6.07) is 1.88. The third-order valence-electron chi connectivity index (χ3n) is 2.29. The Morgan fingerprint density at radius 3 is 2.87 bits per heavy atom. The number of hydrogen-bond acceptors (Lipinski definition) is 2. The lowest BCUT2D eigenvalue weighted by Gasteiger charge is -2.00. The van der Waals surface area contributed by atoms with Crippen LogP contribution < -0.4 is 5.32 Å². The molecule has 84 valence electrons. The van der Waals surface area contributed by atoms with Crippen molar-refractivity contribution in [2.24, 2.45) is 7.05 Å². The molecule has 0 spiro atoms. The maximum Gasteiger partial charge on any atom is 0.269 e. The predicted octanol–water partition coefficient (Wildman–Crippen LogP) is 1.51. The van der Waals surface area contributed by atoms with Crippen LogP contribution in [0.25, 0.3) is 0 Å². The minimum Gasteiger partial charge on any atom is -0.351 e. The molecule has 1 heterocycles. The number of aryl methyl sites for hydroxylation is 2. The molecule has 0 aliphatic heterocycles. The van der Waals surface area contributed by atoms with E-state index in [0.29, 0.717) is 12.2 Å². The first-order chi connectivity index (χ1) is 7.19. The van der Waals surface area contributed by atoms with Gasteiger partial charge in [-0.05, 0) is 25.8 Å². The summed E-state index contributed by atoms with van der Waals surface area (Å²) in [6.07, 6.45) is 3.21. The van der Waals surface area contributed by atoms with Crippen LogP contribution in [0.2, 0.25) is 0 Å². The zero-order valence-corrected chi connectivity index (χ0v) is 9.71. The zero-order valence-electron chi connectivity index (χ0n) is 9.71. The number of hydrogen-bond donors (Lipinski definition) is 1. The van der Waals surface area contributed by atoms with Crippen LogP contribution in [-0.2, 0) is 13.5 Å². The molecule has 0 aromatic carbocycles. The van der Waals surface area contributed by atoms with Gasteiger partial charge in [-0.15, -0.1) is 0 Å². The van der Waals surface area contributed by atoms with Gasteiger partial charge in [0.2, 0.25) is 0 Å². The van der Waals surface area contributed by atoms with Crippen LogP contribution in [0, 0.1) is 0 Å². The Labute approximate surface area is 90.7 Å². The first kappa shape index (κ1) is 11.8. The summed E-state index contributed by atoms with van der Waals surface area (Å²) in [4.78, 5) is 11.6. The molecule has 15 heavy (non-hydrogen) atoms. The molecule has 1 rings (SSSR count). The van der Waals surface area contributed by atoms with E-state index < -0.39 is 0 Å². The number of rotatable bonds is 5. The first-order valence-corrected chi connectivity index (χ1v) is 5.50. The quantitative estimate of drug-likeness (QED) is 0.799. The highest BCUT2D eigenvalue weighted by atomic mass is 16.2. The van der Waals surface area contributed by atoms with Gasteiger partial charge in [0.1, 0.15) is 5.69 Å². The van der Waals surface area contributed by atoms with Crippen molar-refractivity contribution < 1.29 is 4.79 Å². The lowest BCUT2D eigenvalue weighted by Crippen LogP contribution is -2.24. The van der Waals surface area contributed by atoms with Crippen LogP contribution in [0.15, 0.2) is 6.07 Å². The molecule has 0 atom stereocenters. The van der Waals surface area contributed by atoms with Gasteiger partial charge in [0.05, 0.1) is 5.69 Å². The van der Waals surface area contributed by atoms with Gasteiger partial charge in [0.15, 0.2) is 0 Å². The normalized spacial score (nSPS) is 10.3. The van der Waals surface area contributed by atoms with Gasteiger partial charge in [-0.3, -0.25) is 9.48 Å². The molecule has 0 bridgehead atoms. The molecule has 4 heteroatoms. The molecule has 0 radical (unpaired) electrons. The minimum absolute atomic E-state index is 0.0461. The highest BCUT2D eigenvalue weighted by molar-refractivity contribution is 5.92. The highest BCUT2D eigenvalue weighted by Gasteiger charge is 2.11. The summed E-state index contributed by atoms with van der Waals surface area (Å²) in [6.45, 7) is 4.70. The van der Waals surface area contributed by atoms with Gasteiger partial charge in [-0.1, -0.05) is 13.3 Å². The van der Waals surface area contributed by atoms with Gasteiger partial charge in [0.25, 0.3) is 5.91 Å². The third-order valence-corrected chi connectivity index (χ3v) is 2.29. The van der Waals surface area contributed by atoms with Gasteiger partial charge in [-0.25, -0.2) is 0 Å². The number of nitrogens with one attached hydrogen (secondary N) is 1. The van der Waals surface area contributed by atoms with Crippen molar-refractivity contribution in [1.29, 1.82) is 0 Å². The van der Waals surface area contributed by atoms with E-state index in [0.717, 1.165) is 25.0 Å². The molecular formula is C11H19N3O. The molecule has 0 saturated carbocycles. The van der Waals surface area contributed by atoms with E-state index in [9.17, 15) is 4.79 Å². The van der Waals surface area contributed by atoms with Crippen LogP contribution in [0.4, 0.5) is 0 Å². The summed E-state index contributed by atoms with van der Waals surface area (Å²) in [5.74, 6) is -0.0461. The molecule has 1 aromatic rings. The summed E-state index contributed by atoms with van der Waals surface area (Å²) in [5, 5.41) is 7.08. The molecule has 0 unspecified atom stereocenters. The minimum atomic E-state index is -0.0461. The number of carbonyl (C=O) groups excluding carboxylic acids is 1. The lowest BCUT2D eigenvalue weighted by molar-refractivity contribution is 0.0946. The van der Waals surface area contributed by atoms with Gasteiger partial charge < -0.3 is 5.32 Å². The number of unbranched alkanes of at least 4 members (excludes halogenated alkanes) is 1. The van der Waals surface area contributed by atoms with Crippen molar-refractivity contribution in [3.8, 4) is 0 Å². The second-order valence-corrected chi connectivity index (χ2v) is 3.61. The topological polar surface area (TPSA) is 46.9 Å². The van der Waals surface area contributed by atoms with E-state index in [1.165, 1.54) is 0 Å². The summed E-state index contributed by atoms with van der Waals surface area (Å²) in [7, 11) is 1.81. The second-order valence-electron chi connectivity index (χ2n) is 3.61. The number of carbonyl (C=O) groups is 1. The van der Waals surface area contributed by atoms with Gasteiger partial charge >= 0.3 is 0 Å². The third kappa shape index (κ3) is 3.08. The van der Waals surface area contributed by atoms with Gasteiger partial charge in [0, 0.05) is 13.6 Å². The lowest BCUT2D eigenvalue weighted by atomic mass is 10.2. The Balaban J connectivity index is 2.72. The average molecular weight is 209 g/mol. The average Bonchev–Trinajstić information content (AvgIpc) is 2.57. The van der Waals surface area contributed by atoms with Crippen molar-refractivity contribution in [2.45, 2.75) is 33.1 Å². The number of nitrogens with zero attached hydrogens (tertiary/aromatic N) is 2. The van der Waals surface area contributed by atoms with Gasteiger partial charge in [-0.2, -0.15) is 5.10 Å². The maximum absolute atomic E-state index is 11.6. The molecule has 0 aliphatic rings. The van der Waals surface area contributed by atoms with Crippen LogP contribution in [0.5, 0.6) is 0 Å². The van der Waals surface area contributed by atoms with Crippen molar-refractivity contribution in [2.75, 3.05) is 6.54 Å². The SMILES string of the molecule is CCCCc1cc(C(=O)NCC)n(C)n1. The van der Waals surface area contributed by atoms with Crippen LogP contribution in [-0.4, -0.2) is 22.2 Å². The number of aromatic nitrogens is 2. The van der Waals surface area contributed by atoms with Crippen molar-refractivity contribution >= 4 is 5.91 Å². The molecule has 0 saturated heterocycles. The zero-order chi connectivity index (χ0) is 11.3. The largest absolute Gasteiger partial charge is 0.351 e. The fourth-order valence-electron chi connectivity index (χ4n) is 1.47. The molecule has 1 N–H and O–H groups in total. The Kier molecular flexibility index (Phi) is 4.34. The molecule has 1 aromatic heterocycles. The van der Waals surface area contributed by atoms with Crippen LogP contribution >= 0.6 is 0 Å². The maximum atomic E-state index is 11.6. The van der Waals surface area contributed by atoms with E-state index in [1.54, 1.807) is 11.7 Å². The first-order valence-electron chi connectivity index (χ1n) is 5.50. The molecule has 0 aliphatic carbocycles. The van der Waals surface area contributed by atoms with Crippen LogP contribution in [0.3, 0.4) is 0 Å². The summed E-state index contributed by atoms with van der Waals surface area (Å²) in [5.41, 5.74) is 1.64. The van der Waals surface area contributed by atoms with E-state index in [-0.39, 0.29) is 5.91 Å². The fraction of sp³-hybridized carbons (Fsp3) is 0.636. The van der Waals surface area contributed by atoms with Crippen molar-refractivity contribution in [3.05, 3.63) is 17.5 Å². The highest BCUT2D eigenvalue weighted by Crippen LogP contribution is 2.06. The van der Waals surface area contributed by atoms with Crippen molar-refractivity contribution in [1.82, 2.24) is 15.1 Å². The van der Waals surface area contributed by atoms with E-state index >= 15 is 0 Å². The molecule has 4 nitrogen and oxygen atoms in total. The standard InChI is InChI=1S/C11H19N3O/c1-4-6-7-9-8-10(14(3)13-9)11(15)12-5-2/h8H,4-7H2,1-3H3,(H,12,15). The monoisotopic (exact) mass is 209 g/mol. The van der Waals surface area contributed by atoms with E-state index in [2.05, 4.69) is 17.3 Å². The molecule has 1 amide bonds. The Morgan fingerprint density at radius 1 is 1.53 bits per heavy atom.